The molecular weight excluding hydrogens is 414 g/mol. The fourth-order valence-corrected chi connectivity index (χ4v) is 4.52. The van der Waals surface area contributed by atoms with E-state index in [4.69, 9.17) is 19.6 Å². The standard InChI is InChI=1S/C22H31N3O5Si/c1-22(2,3)31(4,5)30-16-13-19(25-12-11-18(23)24-21(25)27)29-17(16)14-28-20(26)15-9-7-6-8-10-15/h6-12,16-17,19H,13-14H2,1-5H3,(H2,23,24,27)/t16-,17+,19+/m0/s1. The number of esters is 1. The number of hydrogen-bond donors (Lipinski definition) is 1. The van der Waals surface area contributed by atoms with Gasteiger partial charge in [-0.2, -0.15) is 4.98 Å². The van der Waals surface area contributed by atoms with Crippen molar-refractivity contribution < 1.29 is 18.7 Å². The lowest BCUT2D eigenvalue weighted by atomic mass is 10.2. The fraction of sp³-hybridized carbons (Fsp3) is 0.500. The molecule has 2 heterocycles. The number of anilines is 1. The van der Waals surface area contributed by atoms with Crippen LogP contribution in [-0.4, -0.2) is 42.7 Å². The summed E-state index contributed by atoms with van der Waals surface area (Å²) < 4.78 is 19.6. The van der Waals surface area contributed by atoms with Crippen molar-refractivity contribution in [2.24, 2.45) is 0 Å². The lowest BCUT2D eigenvalue weighted by Gasteiger charge is -2.39. The first-order chi connectivity index (χ1) is 14.5. The summed E-state index contributed by atoms with van der Waals surface area (Å²) in [5.74, 6) is -0.272. The molecule has 1 aliphatic rings. The van der Waals surface area contributed by atoms with Crippen molar-refractivity contribution in [1.82, 2.24) is 9.55 Å². The molecule has 1 aromatic carbocycles. The highest BCUT2D eigenvalue weighted by Gasteiger charge is 2.45. The first-order valence-electron chi connectivity index (χ1n) is 10.4. The topological polar surface area (TPSA) is 106 Å². The van der Waals surface area contributed by atoms with Gasteiger partial charge in [0.05, 0.1) is 11.7 Å². The summed E-state index contributed by atoms with van der Waals surface area (Å²) in [6, 6.07) is 10.3. The van der Waals surface area contributed by atoms with Crippen LogP contribution in [0.15, 0.2) is 47.4 Å². The first-order valence-corrected chi connectivity index (χ1v) is 13.3. The Balaban J connectivity index is 1.79. The third-order valence-corrected chi connectivity index (χ3v) is 10.5. The van der Waals surface area contributed by atoms with E-state index in [2.05, 4.69) is 38.8 Å². The zero-order valence-corrected chi connectivity index (χ0v) is 19.7. The molecule has 0 aliphatic carbocycles. The van der Waals surface area contributed by atoms with E-state index in [1.54, 1.807) is 36.5 Å². The average molecular weight is 446 g/mol. The maximum absolute atomic E-state index is 12.4. The second-order valence-corrected chi connectivity index (χ2v) is 14.0. The number of aromatic nitrogens is 2. The number of nitrogen functional groups attached to an aromatic ring is 1. The van der Waals surface area contributed by atoms with E-state index in [1.165, 1.54) is 4.57 Å². The molecule has 0 bridgehead atoms. The summed E-state index contributed by atoms with van der Waals surface area (Å²) in [5.41, 5.74) is 5.59. The van der Waals surface area contributed by atoms with Gasteiger partial charge in [-0.05, 0) is 36.3 Å². The maximum atomic E-state index is 12.4. The van der Waals surface area contributed by atoms with Crippen LogP contribution in [0.25, 0.3) is 0 Å². The Morgan fingerprint density at radius 2 is 1.94 bits per heavy atom. The van der Waals surface area contributed by atoms with Crippen molar-refractivity contribution in [3.05, 3.63) is 58.6 Å². The van der Waals surface area contributed by atoms with Gasteiger partial charge in [-0.1, -0.05) is 39.0 Å². The van der Waals surface area contributed by atoms with Crippen LogP contribution in [0.2, 0.25) is 18.1 Å². The van der Waals surface area contributed by atoms with E-state index < -0.39 is 32.3 Å². The second-order valence-electron chi connectivity index (χ2n) is 9.29. The summed E-state index contributed by atoms with van der Waals surface area (Å²) in [6.45, 7) is 10.8. The molecule has 1 aromatic heterocycles. The molecule has 31 heavy (non-hydrogen) atoms. The number of carbonyl (C=O) groups is 1. The van der Waals surface area contributed by atoms with Crippen LogP contribution in [0, 0.1) is 0 Å². The van der Waals surface area contributed by atoms with Crippen LogP contribution in [0.5, 0.6) is 0 Å². The Bertz CT molecular complexity index is 971. The molecular formula is C22H31N3O5Si. The molecule has 0 amide bonds. The number of benzene rings is 1. The van der Waals surface area contributed by atoms with Crippen LogP contribution in [0.4, 0.5) is 5.82 Å². The molecule has 1 fully saturated rings. The number of nitrogens with zero attached hydrogens (tertiary/aromatic N) is 2. The molecule has 1 saturated heterocycles. The number of carbonyl (C=O) groups excluding carboxylic acids is 1. The zero-order chi connectivity index (χ0) is 22.8. The Morgan fingerprint density at radius 1 is 1.26 bits per heavy atom. The summed E-state index contributed by atoms with van der Waals surface area (Å²) in [6.07, 6.45) is 0.619. The molecule has 0 unspecified atom stereocenters. The predicted octanol–water partition coefficient (Wildman–Crippen LogP) is 3.36. The summed E-state index contributed by atoms with van der Waals surface area (Å²) in [7, 11) is -2.13. The zero-order valence-electron chi connectivity index (χ0n) is 18.7. The van der Waals surface area contributed by atoms with Gasteiger partial charge in [-0.15, -0.1) is 0 Å². The Morgan fingerprint density at radius 3 is 2.55 bits per heavy atom. The monoisotopic (exact) mass is 445 g/mol. The number of rotatable bonds is 6. The Labute approximate surface area is 183 Å². The van der Waals surface area contributed by atoms with Crippen molar-refractivity contribution in [2.75, 3.05) is 12.3 Å². The minimum absolute atomic E-state index is 0.00403. The van der Waals surface area contributed by atoms with E-state index in [9.17, 15) is 9.59 Å². The van der Waals surface area contributed by atoms with Crippen molar-refractivity contribution in [1.29, 1.82) is 0 Å². The maximum Gasteiger partial charge on any atom is 0.351 e. The fourth-order valence-electron chi connectivity index (χ4n) is 3.16. The normalized spacial score (nSPS) is 21.8. The van der Waals surface area contributed by atoms with Crippen molar-refractivity contribution >= 4 is 20.1 Å². The molecule has 2 aromatic rings. The number of ether oxygens (including phenoxy) is 2. The van der Waals surface area contributed by atoms with E-state index in [-0.39, 0.29) is 23.6 Å². The predicted molar refractivity (Wildman–Crippen MR) is 120 cm³/mol. The van der Waals surface area contributed by atoms with Crippen LogP contribution in [-0.2, 0) is 13.9 Å². The van der Waals surface area contributed by atoms with Gasteiger partial charge >= 0.3 is 11.7 Å². The summed E-state index contributed by atoms with van der Waals surface area (Å²) in [5, 5.41) is -0.00403. The largest absolute Gasteiger partial charge is 0.459 e. The molecule has 0 spiro atoms. The van der Waals surface area contributed by atoms with Gasteiger partial charge in [0.25, 0.3) is 0 Å². The molecule has 2 N–H and O–H groups in total. The van der Waals surface area contributed by atoms with Crippen LogP contribution >= 0.6 is 0 Å². The van der Waals surface area contributed by atoms with E-state index in [0.717, 1.165) is 0 Å². The summed E-state index contributed by atoms with van der Waals surface area (Å²) in [4.78, 5) is 28.5. The highest BCUT2D eigenvalue weighted by Crippen LogP contribution is 2.41. The highest BCUT2D eigenvalue weighted by molar-refractivity contribution is 6.74. The molecule has 3 atom stereocenters. The average Bonchev–Trinajstić information content (AvgIpc) is 3.07. The summed E-state index contributed by atoms with van der Waals surface area (Å²) >= 11 is 0. The molecule has 8 nitrogen and oxygen atoms in total. The number of hydrogen-bond acceptors (Lipinski definition) is 7. The molecule has 3 rings (SSSR count). The lowest BCUT2D eigenvalue weighted by molar-refractivity contribution is -0.0512. The van der Waals surface area contributed by atoms with Gasteiger partial charge in [0.1, 0.15) is 24.8 Å². The molecule has 9 heteroatoms. The third kappa shape index (κ3) is 5.41. The Hall–Kier alpha value is -2.49. The van der Waals surface area contributed by atoms with Crippen molar-refractivity contribution in [3.63, 3.8) is 0 Å². The SMILES string of the molecule is CC(C)(C)[Si](C)(C)O[C@H]1C[C@H](n2ccc(N)nc2=O)O[C@@H]1COC(=O)c1ccccc1. The number of nitrogens with two attached hydrogens (primary N) is 1. The minimum Gasteiger partial charge on any atom is -0.459 e. The van der Waals surface area contributed by atoms with Crippen LogP contribution in [0.1, 0.15) is 43.8 Å². The van der Waals surface area contributed by atoms with Gasteiger partial charge in [0.2, 0.25) is 0 Å². The van der Waals surface area contributed by atoms with Crippen molar-refractivity contribution in [3.8, 4) is 0 Å². The quantitative estimate of drug-likeness (QED) is 0.537. The van der Waals surface area contributed by atoms with Crippen molar-refractivity contribution in [2.45, 2.75) is 63.8 Å². The van der Waals surface area contributed by atoms with Crippen LogP contribution < -0.4 is 11.4 Å². The van der Waals surface area contributed by atoms with Gasteiger partial charge in [0.15, 0.2) is 8.32 Å². The molecule has 168 valence electrons. The highest BCUT2D eigenvalue weighted by atomic mass is 28.4. The third-order valence-electron chi connectivity index (χ3n) is 5.98. The van der Waals surface area contributed by atoms with Gasteiger partial charge < -0.3 is 19.6 Å². The van der Waals surface area contributed by atoms with E-state index >= 15 is 0 Å². The molecule has 0 saturated carbocycles. The van der Waals surface area contributed by atoms with Gasteiger partial charge in [0, 0.05) is 12.6 Å². The van der Waals surface area contributed by atoms with Gasteiger partial charge in [-0.25, -0.2) is 9.59 Å². The van der Waals surface area contributed by atoms with Crippen LogP contribution in [0.3, 0.4) is 0 Å². The second kappa shape index (κ2) is 8.94. The minimum atomic E-state index is -2.13. The van der Waals surface area contributed by atoms with E-state index in [1.807, 2.05) is 6.07 Å². The Kier molecular flexibility index (Phi) is 6.68. The van der Waals surface area contributed by atoms with Gasteiger partial charge in [-0.3, -0.25) is 4.57 Å². The smallest absolute Gasteiger partial charge is 0.351 e. The van der Waals surface area contributed by atoms with E-state index in [0.29, 0.717) is 12.0 Å². The molecule has 1 aliphatic heterocycles. The lowest BCUT2D eigenvalue weighted by Crippen LogP contribution is -2.46. The first kappa shape index (κ1) is 23.2. The molecule has 0 radical (unpaired) electrons.